The second-order valence-electron chi connectivity index (χ2n) is 8.70. The molecule has 0 aliphatic rings. The molecule has 2 amide bonds. The maximum absolute atomic E-state index is 13.8. The molecule has 1 atom stereocenters. The Labute approximate surface area is 228 Å². The van der Waals surface area contributed by atoms with E-state index in [9.17, 15) is 18.0 Å². The lowest BCUT2D eigenvalue weighted by molar-refractivity contribution is -0.139. The number of benzene rings is 3. The lowest BCUT2D eigenvalue weighted by Gasteiger charge is -2.32. The Bertz CT molecular complexity index is 1380. The Kier molecular flexibility index (Phi) is 9.23. The van der Waals surface area contributed by atoms with Crippen molar-refractivity contribution in [2.24, 2.45) is 0 Å². The van der Waals surface area contributed by atoms with Gasteiger partial charge in [0.15, 0.2) is 0 Å². The number of hydrogen-bond acceptors (Lipinski definition) is 4. The molecule has 3 aromatic carbocycles. The van der Waals surface area contributed by atoms with Crippen LogP contribution in [0.3, 0.4) is 0 Å². The van der Waals surface area contributed by atoms with E-state index >= 15 is 0 Å². The Balaban J connectivity index is 2.07. The molecule has 0 radical (unpaired) electrons. The molecule has 0 aliphatic carbocycles. The highest BCUT2D eigenvalue weighted by Crippen LogP contribution is 2.35. The van der Waals surface area contributed by atoms with E-state index in [1.54, 1.807) is 25.1 Å². The number of rotatable bonds is 9. The van der Waals surface area contributed by atoms with E-state index in [0.717, 1.165) is 21.0 Å². The molecule has 0 heterocycles. The minimum atomic E-state index is -4.23. The lowest BCUT2D eigenvalue weighted by Crippen LogP contribution is -2.50. The van der Waals surface area contributed by atoms with Gasteiger partial charge in [-0.15, -0.1) is 0 Å². The van der Waals surface area contributed by atoms with Gasteiger partial charge in [0.2, 0.25) is 11.8 Å². The van der Waals surface area contributed by atoms with Gasteiger partial charge in [0.05, 0.1) is 20.6 Å². The quantitative estimate of drug-likeness (QED) is 0.399. The maximum Gasteiger partial charge on any atom is 0.264 e. The van der Waals surface area contributed by atoms with Gasteiger partial charge in [-0.1, -0.05) is 76.8 Å². The average molecular weight is 563 g/mol. The van der Waals surface area contributed by atoms with E-state index in [0.29, 0.717) is 0 Å². The summed E-state index contributed by atoms with van der Waals surface area (Å²) in [5.41, 5.74) is 2.78. The molecule has 0 aliphatic heterocycles. The van der Waals surface area contributed by atoms with Gasteiger partial charge in [-0.05, 0) is 50.6 Å². The van der Waals surface area contributed by atoms with Crippen molar-refractivity contribution in [3.63, 3.8) is 0 Å². The van der Waals surface area contributed by atoms with Gasteiger partial charge in [-0.25, -0.2) is 8.42 Å². The summed E-state index contributed by atoms with van der Waals surface area (Å²) >= 11 is 12.6. The molecule has 0 saturated heterocycles. The van der Waals surface area contributed by atoms with E-state index in [2.05, 4.69) is 5.32 Å². The zero-order chi connectivity index (χ0) is 27.3. The third-order valence-electron chi connectivity index (χ3n) is 5.97. The number of likely N-dealkylation sites (N-methyl/N-ethyl adjacent to an activating group) is 1. The fraction of sp³-hybridized carbons (Fsp3) is 0.259. The largest absolute Gasteiger partial charge is 0.357 e. The summed E-state index contributed by atoms with van der Waals surface area (Å²) in [6.07, 6.45) is 0. The molecule has 0 unspecified atom stereocenters. The van der Waals surface area contributed by atoms with Gasteiger partial charge in [0.25, 0.3) is 10.0 Å². The smallest absolute Gasteiger partial charge is 0.264 e. The number of nitrogens with one attached hydrogen (secondary N) is 1. The zero-order valence-electron chi connectivity index (χ0n) is 21.0. The highest BCUT2D eigenvalue weighted by Gasteiger charge is 2.33. The van der Waals surface area contributed by atoms with Crippen molar-refractivity contribution in [3.8, 4) is 0 Å². The van der Waals surface area contributed by atoms with Crippen molar-refractivity contribution < 1.29 is 18.0 Å². The summed E-state index contributed by atoms with van der Waals surface area (Å²) < 4.78 is 28.5. The van der Waals surface area contributed by atoms with E-state index in [1.165, 1.54) is 36.2 Å². The van der Waals surface area contributed by atoms with Crippen LogP contribution in [0.25, 0.3) is 0 Å². The fourth-order valence-electron chi connectivity index (χ4n) is 3.72. The molecule has 3 rings (SSSR count). The van der Waals surface area contributed by atoms with Gasteiger partial charge in [0.1, 0.15) is 12.6 Å². The number of anilines is 1. The molecule has 7 nitrogen and oxygen atoms in total. The molecule has 1 N–H and O–H groups in total. The molecule has 0 spiro atoms. The van der Waals surface area contributed by atoms with Gasteiger partial charge >= 0.3 is 0 Å². The fourth-order valence-corrected chi connectivity index (χ4v) is 5.59. The van der Waals surface area contributed by atoms with Crippen molar-refractivity contribution in [1.82, 2.24) is 10.2 Å². The Morgan fingerprint density at radius 3 is 2.05 bits per heavy atom. The number of amides is 2. The van der Waals surface area contributed by atoms with Crippen LogP contribution in [-0.4, -0.2) is 44.8 Å². The summed E-state index contributed by atoms with van der Waals surface area (Å²) in [5.74, 6) is -0.961. The van der Waals surface area contributed by atoms with Gasteiger partial charge in [-0.3, -0.25) is 13.9 Å². The van der Waals surface area contributed by atoms with Crippen LogP contribution >= 0.6 is 23.2 Å². The second kappa shape index (κ2) is 12.0. The van der Waals surface area contributed by atoms with Crippen molar-refractivity contribution in [2.75, 3.05) is 17.9 Å². The summed E-state index contributed by atoms with van der Waals surface area (Å²) in [7, 11) is -2.75. The molecule has 0 aromatic heterocycles. The lowest BCUT2D eigenvalue weighted by atomic mass is 10.1. The van der Waals surface area contributed by atoms with Gasteiger partial charge < -0.3 is 10.2 Å². The highest BCUT2D eigenvalue weighted by molar-refractivity contribution is 7.92. The van der Waals surface area contributed by atoms with E-state index in [1.807, 2.05) is 38.1 Å². The van der Waals surface area contributed by atoms with Crippen molar-refractivity contribution >= 4 is 50.7 Å². The summed E-state index contributed by atoms with van der Waals surface area (Å²) in [5, 5.41) is 2.70. The summed E-state index contributed by atoms with van der Waals surface area (Å²) in [6, 6.07) is 17.5. The third-order valence-corrected chi connectivity index (χ3v) is 8.56. The van der Waals surface area contributed by atoms with Gasteiger partial charge in [0, 0.05) is 13.6 Å². The second-order valence-corrected chi connectivity index (χ2v) is 11.3. The molecular formula is C27H29Cl2N3O4S. The number of nitrogens with zero attached hydrogens (tertiary/aromatic N) is 2. The van der Waals surface area contributed by atoms with Crippen molar-refractivity contribution in [1.29, 1.82) is 0 Å². The molecule has 0 saturated carbocycles. The minimum Gasteiger partial charge on any atom is -0.357 e. The number of hydrogen-bond donors (Lipinski definition) is 1. The normalized spacial score (nSPS) is 12.1. The Hall–Kier alpha value is -3.07. The SMILES string of the molecule is CNC(=O)[C@@H](C)N(Cc1ccc(C)cc1)C(=O)CN(c1cccc(Cl)c1Cl)S(=O)(=O)c1ccc(C)cc1. The first-order valence-corrected chi connectivity index (χ1v) is 13.7. The predicted molar refractivity (Wildman–Crippen MR) is 147 cm³/mol. The predicted octanol–water partition coefficient (Wildman–Crippen LogP) is 4.97. The molecule has 37 heavy (non-hydrogen) atoms. The average Bonchev–Trinajstić information content (AvgIpc) is 2.88. The van der Waals surface area contributed by atoms with Crippen molar-refractivity contribution in [3.05, 3.63) is 93.5 Å². The van der Waals surface area contributed by atoms with E-state index < -0.39 is 28.5 Å². The number of carbonyl (C=O) groups is 2. The summed E-state index contributed by atoms with van der Waals surface area (Å²) in [4.78, 5) is 27.6. The highest BCUT2D eigenvalue weighted by atomic mass is 35.5. The Morgan fingerprint density at radius 1 is 0.919 bits per heavy atom. The van der Waals surface area contributed by atoms with Crippen LogP contribution in [0.5, 0.6) is 0 Å². The first kappa shape index (κ1) is 28.5. The maximum atomic E-state index is 13.8. The van der Waals surface area contributed by atoms with E-state index in [-0.39, 0.29) is 33.1 Å². The topological polar surface area (TPSA) is 86.8 Å². The van der Waals surface area contributed by atoms with Crippen LogP contribution in [-0.2, 0) is 26.2 Å². The van der Waals surface area contributed by atoms with Crippen LogP contribution in [0, 0.1) is 13.8 Å². The standard InChI is InChI=1S/C27H29Cl2N3O4S/c1-18-8-12-21(13-9-18)16-31(20(3)27(34)30-4)25(33)17-32(24-7-5-6-23(28)26(24)29)37(35,36)22-14-10-19(2)11-15-22/h5-15,20H,16-17H2,1-4H3,(H,30,34)/t20-/m1/s1. The van der Waals surface area contributed by atoms with Crippen LogP contribution in [0.1, 0.15) is 23.6 Å². The minimum absolute atomic E-state index is 0.00270. The van der Waals surface area contributed by atoms with E-state index in [4.69, 9.17) is 23.2 Å². The number of aryl methyl sites for hydroxylation is 2. The Morgan fingerprint density at radius 2 is 1.49 bits per heavy atom. The van der Waals surface area contributed by atoms with Crippen LogP contribution < -0.4 is 9.62 Å². The van der Waals surface area contributed by atoms with Crippen molar-refractivity contribution in [2.45, 2.75) is 38.3 Å². The zero-order valence-corrected chi connectivity index (χ0v) is 23.4. The number of carbonyl (C=O) groups excluding carboxylic acids is 2. The van der Waals surface area contributed by atoms with Crippen LogP contribution in [0.4, 0.5) is 5.69 Å². The van der Waals surface area contributed by atoms with Crippen LogP contribution in [0.15, 0.2) is 71.6 Å². The monoisotopic (exact) mass is 561 g/mol. The number of sulfonamides is 1. The van der Waals surface area contributed by atoms with Crippen LogP contribution in [0.2, 0.25) is 10.0 Å². The molecule has 0 fully saturated rings. The first-order chi connectivity index (χ1) is 17.4. The first-order valence-electron chi connectivity index (χ1n) is 11.6. The molecule has 196 valence electrons. The molecule has 0 bridgehead atoms. The molecule has 3 aromatic rings. The summed E-state index contributed by atoms with van der Waals surface area (Å²) in [6.45, 7) is 4.89. The number of halogens is 2. The molecule has 10 heteroatoms. The van der Waals surface area contributed by atoms with Gasteiger partial charge in [-0.2, -0.15) is 0 Å². The molecular weight excluding hydrogens is 533 g/mol. The third kappa shape index (κ3) is 6.63.